The van der Waals surface area contributed by atoms with Gasteiger partial charge < -0.3 is 20.7 Å². The number of amides is 1. The van der Waals surface area contributed by atoms with Crippen molar-refractivity contribution >= 4 is 17.6 Å². The Morgan fingerprint density at radius 3 is 3.14 bits per heavy atom. The molecule has 1 unspecified atom stereocenters. The number of nitrogens with two attached hydrogens (primary N) is 1. The van der Waals surface area contributed by atoms with Crippen LogP contribution in [0.25, 0.3) is 0 Å². The maximum Gasteiger partial charge on any atom is 0.246 e. The lowest BCUT2D eigenvalue weighted by atomic mass is 10.3. The molecule has 0 aliphatic carbocycles. The number of carbonyl (C=O) groups excluding carboxylic acids is 1. The van der Waals surface area contributed by atoms with E-state index in [0.29, 0.717) is 31.3 Å². The lowest BCUT2D eigenvalue weighted by Gasteiger charge is -2.31. The van der Waals surface area contributed by atoms with Gasteiger partial charge in [-0.05, 0) is 25.1 Å². The van der Waals surface area contributed by atoms with Gasteiger partial charge in [-0.3, -0.25) is 4.79 Å². The number of morpholine rings is 1. The summed E-state index contributed by atoms with van der Waals surface area (Å²) in [5.74, 6) is -0.428. The summed E-state index contributed by atoms with van der Waals surface area (Å²) < 4.78 is 18.4. The van der Waals surface area contributed by atoms with Crippen molar-refractivity contribution in [2.75, 3.05) is 31.6 Å². The zero-order valence-electron chi connectivity index (χ0n) is 11.9. The minimum absolute atomic E-state index is 0.0913. The van der Waals surface area contributed by atoms with Gasteiger partial charge in [-0.25, -0.2) is 9.38 Å². The van der Waals surface area contributed by atoms with Gasteiger partial charge in [-0.2, -0.15) is 0 Å². The fraction of sp³-hybridized carbons (Fsp3) is 0.429. The number of ether oxygens (including phenoxy) is 1. The van der Waals surface area contributed by atoms with Crippen LogP contribution in [-0.2, 0) is 9.53 Å². The number of anilines is 1. The summed E-state index contributed by atoms with van der Waals surface area (Å²) in [7, 11) is 0. The predicted octanol–water partition coefficient (Wildman–Crippen LogP) is 0.800. The first-order valence-corrected chi connectivity index (χ1v) is 6.76. The Kier molecular flexibility index (Phi) is 5.10. The third-order valence-corrected chi connectivity index (χ3v) is 3.06. The van der Waals surface area contributed by atoms with E-state index in [1.165, 1.54) is 18.2 Å². The molecule has 3 N–H and O–H groups in total. The van der Waals surface area contributed by atoms with Gasteiger partial charge in [0.2, 0.25) is 5.91 Å². The quantitative estimate of drug-likeness (QED) is 0.638. The van der Waals surface area contributed by atoms with Gasteiger partial charge in [0.15, 0.2) is 5.96 Å². The molecule has 7 heteroatoms. The van der Waals surface area contributed by atoms with E-state index in [4.69, 9.17) is 10.5 Å². The van der Waals surface area contributed by atoms with Crippen LogP contribution in [-0.4, -0.2) is 49.1 Å². The maximum atomic E-state index is 13.0. The molecule has 1 saturated heterocycles. The minimum Gasteiger partial charge on any atom is -0.375 e. The fourth-order valence-electron chi connectivity index (χ4n) is 2.05. The van der Waals surface area contributed by atoms with E-state index in [1.54, 1.807) is 6.07 Å². The second-order valence-electron chi connectivity index (χ2n) is 4.86. The number of carbonyl (C=O) groups is 1. The van der Waals surface area contributed by atoms with Gasteiger partial charge in [0, 0.05) is 18.8 Å². The summed E-state index contributed by atoms with van der Waals surface area (Å²) in [5, 5.41) is 2.57. The second kappa shape index (κ2) is 7.03. The van der Waals surface area contributed by atoms with Gasteiger partial charge in [0.1, 0.15) is 12.4 Å². The smallest absolute Gasteiger partial charge is 0.246 e. The molecule has 21 heavy (non-hydrogen) atoms. The van der Waals surface area contributed by atoms with Crippen molar-refractivity contribution in [1.29, 1.82) is 0 Å². The molecule has 1 atom stereocenters. The highest BCUT2D eigenvalue weighted by Gasteiger charge is 2.18. The van der Waals surface area contributed by atoms with Crippen LogP contribution in [0.1, 0.15) is 6.92 Å². The van der Waals surface area contributed by atoms with Crippen molar-refractivity contribution < 1.29 is 13.9 Å². The molecule has 0 aromatic heterocycles. The Morgan fingerprint density at radius 2 is 2.43 bits per heavy atom. The van der Waals surface area contributed by atoms with Gasteiger partial charge in [-0.15, -0.1) is 0 Å². The number of benzene rings is 1. The van der Waals surface area contributed by atoms with E-state index in [9.17, 15) is 9.18 Å². The third kappa shape index (κ3) is 4.71. The molecule has 6 nitrogen and oxygen atoms in total. The zero-order chi connectivity index (χ0) is 15.2. The Bertz CT molecular complexity index is 535. The van der Waals surface area contributed by atoms with Crippen molar-refractivity contribution in [3.8, 4) is 0 Å². The number of hydrogen-bond acceptors (Lipinski definition) is 3. The summed E-state index contributed by atoms with van der Waals surface area (Å²) in [6.45, 7) is 3.75. The maximum absolute atomic E-state index is 13.0. The molecule has 114 valence electrons. The van der Waals surface area contributed by atoms with Gasteiger partial charge in [0.05, 0.1) is 12.7 Å². The number of halogens is 1. The molecule has 1 heterocycles. The average Bonchev–Trinajstić information content (AvgIpc) is 2.45. The monoisotopic (exact) mass is 294 g/mol. The first-order valence-electron chi connectivity index (χ1n) is 6.76. The third-order valence-electron chi connectivity index (χ3n) is 3.06. The van der Waals surface area contributed by atoms with Gasteiger partial charge >= 0.3 is 0 Å². The normalized spacial score (nSPS) is 19.4. The van der Waals surface area contributed by atoms with Crippen molar-refractivity contribution in [2.45, 2.75) is 13.0 Å². The molecule has 0 saturated carbocycles. The molecule has 1 amide bonds. The molecule has 1 fully saturated rings. The summed E-state index contributed by atoms with van der Waals surface area (Å²) in [4.78, 5) is 17.7. The number of aliphatic imine (C=N–C) groups is 1. The molecular weight excluding hydrogens is 275 g/mol. The summed E-state index contributed by atoms with van der Waals surface area (Å²) in [6.07, 6.45) is 0.0913. The lowest BCUT2D eigenvalue weighted by Crippen LogP contribution is -2.48. The van der Waals surface area contributed by atoms with E-state index >= 15 is 0 Å². The molecule has 0 spiro atoms. The first kappa shape index (κ1) is 15.2. The van der Waals surface area contributed by atoms with E-state index in [2.05, 4.69) is 10.3 Å². The van der Waals surface area contributed by atoms with Crippen molar-refractivity contribution in [1.82, 2.24) is 4.90 Å². The molecule has 0 radical (unpaired) electrons. The minimum atomic E-state index is -0.405. The largest absolute Gasteiger partial charge is 0.375 e. The highest BCUT2D eigenvalue weighted by atomic mass is 19.1. The standard InChI is InChI=1S/C14H19FN4O2/c1-10-9-19(5-6-21-10)14(16)17-8-13(20)18-12-4-2-3-11(15)7-12/h2-4,7,10H,5-6,8-9H2,1H3,(H2,16,17)(H,18,20). The number of rotatable bonds is 3. The van der Waals surface area contributed by atoms with Crippen LogP contribution in [0.4, 0.5) is 10.1 Å². The van der Waals surface area contributed by atoms with E-state index < -0.39 is 5.82 Å². The van der Waals surface area contributed by atoms with Crippen LogP contribution >= 0.6 is 0 Å². The van der Waals surface area contributed by atoms with Crippen LogP contribution in [0, 0.1) is 5.82 Å². The first-order chi connectivity index (χ1) is 10.0. The van der Waals surface area contributed by atoms with Gasteiger partial charge in [-0.1, -0.05) is 6.07 Å². The van der Waals surface area contributed by atoms with Crippen LogP contribution in [0.15, 0.2) is 29.3 Å². The van der Waals surface area contributed by atoms with Gasteiger partial charge in [0.25, 0.3) is 0 Å². The molecule has 1 aromatic carbocycles. The molecule has 1 aliphatic heterocycles. The Morgan fingerprint density at radius 1 is 1.62 bits per heavy atom. The number of nitrogens with one attached hydrogen (secondary N) is 1. The molecule has 1 aromatic rings. The fourth-order valence-corrected chi connectivity index (χ4v) is 2.05. The predicted molar refractivity (Wildman–Crippen MR) is 78.5 cm³/mol. The molecule has 2 rings (SSSR count). The lowest BCUT2D eigenvalue weighted by molar-refractivity contribution is -0.114. The Labute approximate surface area is 122 Å². The second-order valence-corrected chi connectivity index (χ2v) is 4.86. The molecule has 1 aliphatic rings. The average molecular weight is 294 g/mol. The summed E-state index contributed by atoms with van der Waals surface area (Å²) in [6, 6.07) is 5.69. The van der Waals surface area contributed by atoms with E-state index in [1.807, 2.05) is 11.8 Å². The van der Waals surface area contributed by atoms with Crippen molar-refractivity contribution in [3.05, 3.63) is 30.1 Å². The SMILES string of the molecule is CC1CN(C(N)=NCC(=O)Nc2cccc(F)c2)CCO1. The highest BCUT2D eigenvalue weighted by Crippen LogP contribution is 2.09. The topological polar surface area (TPSA) is 80.0 Å². The van der Waals surface area contributed by atoms with Crippen molar-refractivity contribution in [2.24, 2.45) is 10.7 Å². The Balaban J connectivity index is 1.86. The van der Waals surface area contributed by atoms with Crippen molar-refractivity contribution in [3.63, 3.8) is 0 Å². The Hall–Kier alpha value is -2.15. The van der Waals surface area contributed by atoms with Crippen LogP contribution in [0.3, 0.4) is 0 Å². The van der Waals surface area contributed by atoms with Crippen LogP contribution in [0.5, 0.6) is 0 Å². The summed E-state index contributed by atoms with van der Waals surface area (Å²) >= 11 is 0. The van der Waals surface area contributed by atoms with E-state index in [-0.39, 0.29) is 18.6 Å². The van der Waals surface area contributed by atoms with E-state index in [0.717, 1.165) is 0 Å². The number of guanidine groups is 1. The number of hydrogen-bond donors (Lipinski definition) is 2. The molecular formula is C14H19FN4O2. The van der Waals surface area contributed by atoms with Crippen LogP contribution < -0.4 is 11.1 Å². The summed E-state index contributed by atoms with van der Waals surface area (Å²) in [5.41, 5.74) is 6.25. The highest BCUT2D eigenvalue weighted by molar-refractivity contribution is 5.93. The van der Waals surface area contributed by atoms with Crippen LogP contribution in [0.2, 0.25) is 0 Å². The zero-order valence-corrected chi connectivity index (χ0v) is 11.9. The number of nitrogens with zero attached hydrogens (tertiary/aromatic N) is 2. The molecule has 0 bridgehead atoms.